The summed E-state index contributed by atoms with van der Waals surface area (Å²) in [5, 5.41) is 0. The maximum atomic E-state index is 11.5. The van der Waals surface area contributed by atoms with Crippen LogP contribution in [-0.4, -0.2) is 31.0 Å². The number of hydrogen-bond donors (Lipinski definition) is 1. The molecule has 2 rings (SSSR count). The molecule has 0 amide bonds. The summed E-state index contributed by atoms with van der Waals surface area (Å²) in [5.41, 5.74) is 0.849. The third-order valence-electron chi connectivity index (χ3n) is 3.28. The van der Waals surface area contributed by atoms with Crippen molar-refractivity contribution in [2.45, 2.75) is 50.4 Å². The molecule has 1 aliphatic heterocycles. The Labute approximate surface area is 119 Å². The van der Waals surface area contributed by atoms with Crippen molar-refractivity contribution in [1.29, 1.82) is 0 Å². The van der Waals surface area contributed by atoms with Gasteiger partial charge in [0, 0.05) is 6.42 Å². The van der Waals surface area contributed by atoms with E-state index in [1.54, 1.807) is 12.1 Å². The number of aryl methyl sites for hydroxylation is 1. The van der Waals surface area contributed by atoms with Crippen LogP contribution in [0.5, 0.6) is 0 Å². The van der Waals surface area contributed by atoms with E-state index in [0.29, 0.717) is 18.6 Å². The van der Waals surface area contributed by atoms with Crippen LogP contribution in [0.25, 0.3) is 0 Å². The third kappa shape index (κ3) is 3.38. The number of hydrogen-bond acceptors (Lipinski definition) is 4. The molecule has 1 heterocycles. The Balaban J connectivity index is 2.37. The summed E-state index contributed by atoms with van der Waals surface area (Å²) in [5.74, 6) is -0.684. The second kappa shape index (κ2) is 4.80. The zero-order valence-electron chi connectivity index (χ0n) is 12.1. The fourth-order valence-corrected chi connectivity index (χ4v) is 3.27. The first-order valence-electron chi connectivity index (χ1n) is 6.42. The van der Waals surface area contributed by atoms with Gasteiger partial charge in [-0.05, 0) is 39.3 Å². The van der Waals surface area contributed by atoms with Gasteiger partial charge in [-0.3, -0.25) is 4.55 Å². The highest BCUT2D eigenvalue weighted by Gasteiger charge is 2.42. The first kappa shape index (κ1) is 15.4. The second-order valence-electron chi connectivity index (χ2n) is 6.00. The lowest BCUT2D eigenvalue weighted by atomic mass is 9.96. The smallest absolute Gasteiger partial charge is 0.294 e. The average Bonchev–Trinajstić information content (AvgIpc) is 2.50. The SMILES string of the molecule is Cc1ccc(S(=O)(=O)O)c(C[C@]2(C)COC(C)(C)O2)c1. The van der Waals surface area contributed by atoms with Gasteiger partial charge in [0.25, 0.3) is 10.1 Å². The molecule has 1 N–H and O–H groups in total. The highest BCUT2D eigenvalue weighted by molar-refractivity contribution is 7.85. The predicted octanol–water partition coefficient (Wildman–Crippen LogP) is 2.33. The molecule has 20 heavy (non-hydrogen) atoms. The molecular formula is C14H20O5S. The Hall–Kier alpha value is -0.950. The van der Waals surface area contributed by atoms with Crippen molar-refractivity contribution >= 4 is 10.1 Å². The molecule has 0 unspecified atom stereocenters. The molecule has 1 atom stereocenters. The topological polar surface area (TPSA) is 72.8 Å². The number of rotatable bonds is 3. The van der Waals surface area contributed by atoms with Crippen LogP contribution in [0.4, 0.5) is 0 Å². The third-order valence-corrected chi connectivity index (χ3v) is 4.23. The van der Waals surface area contributed by atoms with Crippen LogP contribution in [0.2, 0.25) is 0 Å². The Kier molecular flexibility index (Phi) is 3.71. The van der Waals surface area contributed by atoms with Crippen molar-refractivity contribution in [3.63, 3.8) is 0 Å². The summed E-state index contributed by atoms with van der Waals surface area (Å²) in [4.78, 5) is -0.0716. The molecular weight excluding hydrogens is 280 g/mol. The van der Waals surface area contributed by atoms with E-state index in [1.165, 1.54) is 6.07 Å². The van der Waals surface area contributed by atoms with Gasteiger partial charge in [0.2, 0.25) is 0 Å². The van der Waals surface area contributed by atoms with E-state index in [0.717, 1.165) is 5.56 Å². The largest absolute Gasteiger partial charge is 0.347 e. The quantitative estimate of drug-likeness (QED) is 0.867. The van der Waals surface area contributed by atoms with E-state index in [2.05, 4.69) is 0 Å². The van der Waals surface area contributed by atoms with Gasteiger partial charge in [0.1, 0.15) is 0 Å². The van der Waals surface area contributed by atoms with Crippen LogP contribution in [0.1, 0.15) is 31.9 Å². The lowest BCUT2D eigenvalue weighted by Crippen LogP contribution is -2.33. The van der Waals surface area contributed by atoms with E-state index >= 15 is 0 Å². The molecule has 0 spiro atoms. The highest BCUT2D eigenvalue weighted by atomic mass is 32.2. The molecule has 1 aromatic rings. The lowest BCUT2D eigenvalue weighted by molar-refractivity contribution is -0.157. The minimum Gasteiger partial charge on any atom is -0.347 e. The minimum absolute atomic E-state index is 0.0716. The molecule has 1 fully saturated rings. The normalized spacial score (nSPS) is 25.9. The summed E-state index contributed by atoms with van der Waals surface area (Å²) in [7, 11) is -4.24. The molecule has 1 aromatic carbocycles. The van der Waals surface area contributed by atoms with Crippen LogP contribution >= 0.6 is 0 Å². The molecule has 6 heteroatoms. The molecule has 5 nitrogen and oxygen atoms in total. The fraction of sp³-hybridized carbons (Fsp3) is 0.571. The van der Waals surface area contributed by atoms with E-state index in [9.17, 15) is 13.0 Å². The summed E-state index contributed by atoms with van der Waals surface area (Å²) < 4.78 is 43.6. The molecule has 0 bridgehead atoms. The molecule has 0 aliphatic carbocycles. The molecule has 1 saturated heterocycles. The van der Waals surface area contributed by atoms with Gasteiger partial charge in [-0.25, -0.2) is 0 Å². The van der Waals surface area contributed by atoms with Crippen molar-refractivity contribution in [2.24, 2.45) is 0 Å². The van der Waals surface area contributed by atoms with Gasteiger partial charge >= 0.3 is 0 Å². The van der Waals surface area contributed by atoms with Crippen LogP contribution in [0.15, 0.2) is 23.1 Å². The van der Waals surface area contributed by atoms with E-state index in [1.807, 2.05) is 27.7 Å². The number of benzene rings is 1. The van der Waals surface area contributed by atoms with Gasteiger partial charge in [0.05, 0.1) is 17.1 Å². The molecule has 1 aliphatic rings. The lowest BCUT2D eigenvalue weighted by Gasteiger charge is -2.26. The van der Waals surface area contributed by atoms with Crippen molar-refractivity contribution in [2.75, 3.05) is 6.61 Å². The van der Waals surface area contributed by atoms with Crippen molar-refractivity contribution in [3.05, 3.63) is 29.3 Å². The van der Waals surface area contributed by atoms with Crippen molar-refractivity contribution in [1.82, 2.24) is 0 Å². The zero-order chi connectivity index (χ0) is 15.2. The maximum Gasteiger partial charge on any atom is 0.294 e. The van der Waals surface area contributed by atoms with Gasteiger partial charge in [-0.15, -0.1) is 0 Å². The van der Waals surface area contributed by atoms with Gasteiger partial charge in [0.15, 0.2) is 5.79 Å². The average molecular weight is 300 g/mol. The van der Waals surface area contributed by atoms with E-state index in [4.69, 9.17) is 9.47 Å². The van der Waals surface area contributed by atoms with Crippen molar-refractivity contribution in [3.8, 4) is 0 Å². The second-order valence-corrected chi connectivity index (χ2v) is 7.39. The van der Waals surface area contributed by atoms with Crippen LogP contribution in [-0.2, 0) is 26.0 Å². The predicted molar refractivity (Wildman–Crippen MR) is 74.2 cm³/mol. The monoisotopic (exact) mass is 300 g/mol. The summed E-state index contributed by atoms with van der Waals surface area (Å²) in [6.07, 6.45) is 0.354. The first-order chi connectivity index (χ1) is 9.01. The van der Waals surface area contributed by atoms with Gasteiger partial charge in [-0.1, -0.05) is 17.7 Å². The first-order valence-corrected chi connectivity index (χ1v) is 7.86. The fourth-order valence-electron chi connectivity index (χ4n) is 2.57. The van der Waals surface area contributed by atoms with E-state index < -0.39 is 21.5 Å². The number of ether oxygens (including phenoxy) is 2. The Morgan fingerprint density at radius 3 is 2.45 bits per heavy atom. The Morgan fingerprint density at radius 2 is 1.95 bits per heavy atom. The molecule has 0 radical (unpaired) electrons. The van der Waals surface area contributed by atoms with Crippen LogP contribution < -0.4 is 0 Å². The Bertz CT molecular complexity index is 620. The van der Waals surface area contributed by atoms with Crippen LogP contribution in [0, 0.1) is 6.92 Å². The molecule has 112 valence electrons. The minimum atomic E-state index is -4.24. The Morgan fingerprint density at radius 1 is 1.30 bits per heavy atom. The standard InChI is InChI=1S/C14H20O5S/c1-10-5-6-12(20(15,16)17)11(7-10)8-14(4)9-18-13(2,3)19-14/h5-7H,8-9H2,1-4H3,(H,15,16,17)/t14-/m1/s1. The van der Waals surface area contributed by atoms with Gasteiger partial charge < -0.3 is 9.47 Å². The van der Waals surface area contributed by atoms with Gasteiger partial charge in [-0.2, -0.15) is 8.42 Å². The maximum absolute atomic E-state index is 11.5. The summed E-state index contributed by atoms with van der Waals surface area (Å²) in [6, 6.07) is 4.83. The summed E-state index contributed by atoms with van der Waals surface area (Å²) in [6.45, 7) is 7.75. The van der Waals surface area contributed by atoms with Crippen molar-refractivity contribution < 1.29 is 22.4 Å². The summed E-state index contributed by atoms with van der Waals surface area (Å²) >= 11 is 0. The highest BCUT2D eigenvalue weighted by Crippen LogP contribution is 2.34. The van der Waals surface area contributed by atoms with Crippen LogP contribution in [0.3, 0.4) is 0 Å². The molecule has 0 aromatic heterocycles. The zero-order valence-corrected chi connectivity index (χ0v) is 13.0. The van der Waals surface area contributed by atoms with E-state index in [-0.39, 0.29) is 4.90 Å². The molecule has 0 saturated carbocycles.